The Morgan fingerprint density at radius 1 is 1.24 bits per heavy atom. The fraction of sp³-hybridized carbons (Fsp3) is 0.375. The van der Waals surface area contributed by atoms with Crippen molar-refractivity contribution in [2.24, 2.45) is 11.3 Å². The van der Waals surface area contributed by atoms with Crippen molar-refractivity contribution in [1.82, 2.24) is 25.1 Å². The first kappa shape index (κ1) is 25.1. The van der Waals surface area contributed by atoms with E-state index in [2.05, 4.69) is 30.5 Å². The summed E-state index contributed by atoms with van der Waals surface area (Å²) in [6.07, 6.45) is 0.487. The average Bonchev–Trinajstić information content (AvgIpc) is 3.47. The zero-order valence-electron chi connectivity index (χ0n) is 19.8. The van der Waals surface area contributed by atoms with Gasteiger partial charge >= 0.3 is 12.1 Å². The zero-order valence-corrected chi connectivity index (χ0v) is 20.6. The molecule has 3 heterocycles. The van der Waals surface area contributed by atoms with Gasteiger partial charge in [-0.25, -0.2) is 15.0 Å². The highest BCUT2D eigenvalue weighted by molar-refractivity contribution is 7.15. The van der Waals surface area contributed by atoms with E-state index < -0.39 is 34.8 Å². The van der Waals surface area contributed by atoms with Crippen molar-refractivity contribution in [3.05, 3.63) is 47.5 Å². The number of aliphatic hydroxyl groups is 1. The van der Waals surface area contributed by atoms with Crippen LogP contribution >= 0.6 is 11.3 Å². The molecule has 1 aliphatic carbocycles. The molecule has 37 heavy (non-hydrogen) atoms. The van der Waals surface area contributed by atoms with E-state index in [4.69, 9.17) is 0 Å². The second-order valence-corrected chi connectivity index (χ2v) is 10.9. The maximum atomic E-state index is 13.1. The lowest BCUT2D eigenvalue weighted by Crippen LogP contribution is -2.44. The van der Waals surface area contributed by atoms with Gasteiger partial charge in [0.15, 0.2) is 0 Å². The number of nitrogens with one attached hydrogen (secondary N) is 2. The Balaban J connectivity index is 1.48. The summed E-state index contributed by atoms with van der Waals surface area (Å²) in [4.78, 5) is 24.3. The Kier molecular flexibility index (Phi) is 5.94. The molecular formula is C24H23F3N6O3S. The monoisotopic (exact) mass is 532 g/mol. The number of alkyl halides is 3. The minimum absolute atomic E-state index is 0.208. The summed E-state index contributed by atoms with van der Waals surface area (Å²) >= 11 is 1.28. The maximum absolute atomic E-state index is 13.1. The van der Waals surface area contributed by atoms with Crippen LogP contribution in [0.15, 0.2) is 36.8 Å². The minimum atomic E-state index is -4.60. The molecule has 13 heteroatoms. The quantitative estimate of drug-likeness (QED) is 0.270. The lowest BCUT2D eigenvalue weighted by molar-refractivity contribution is -0.154. The third-order valence-electron chi connectivity index (χ3n) is 6.76. The maximum Gasteiger partial charge on any atom is 0.433 e. The summed E-state index contributed by atoms with van der Waals surface area (Å²) in [5.41, 5.74) is -1.15. The van der Waals surface area contributed by atoms with E-state index in [1.807, 2.05) is 13.8 Å². The molecule has 1 aliphatic rings. The highest BCUT2D eigenvalue weighted by atomic mass is 32.1. The normalized spacial score (nSPS) is 21.7. The number of carboxylic acid groups (broad SMARTS) is 1. The number of aliphatic carboxylic acids is 1. The number of thiazole rings is 1. The number of benzene rings is 1. The van der Waals surface area contributed by atoms with Crippen LogP contribution < -0.4 is 5.32 Å². The number of aromatic nitrogens is 5. The number of H-pyrrole nitrogens is 1. The van der Waals surface area contributed by atoms with Crippen molar-refractivity contribution in [2.45, 2.75) is 44.9 Å². The number of halogens is 3. The van der Waals surface area contributed by atoms with E-state index in [1.165, 1.54) is 11.3 Å². The number of nitrogens with zero attached hydrogens (tertiary/aromatic N) is 4. The lowest BCUT2D eigenvalue weighted by atomic mass is 9.63. The molecule has 4 N–H and O–H groups in total. The van der Waals surface area contributed by atoms with Gasteiger partial charge in [-0.15, -0.1) is 11.3 Å². The van der Waals surface area contributed by atoms with Gasteiger partial charge < -0.3 is 15.5 Å². The van der Waals surface area contributed by atoms with Crippen LogP contribution in [0.3, 0.4) is 0 Å². The van der Waals surface area contributed by atoms with Gasteiger partial charge in [0, 0.05) is 29.0 Å². The number of fused-ring (bicyclic) bond motifs is 1. The van der Waals surface area contributed by atoms with Crippen LogP contribution in [0, 0.1) is 11.3 Å². The van der Waals surface area contributed by atoms with Crippen molar-refractivity contribution in [3.8, 4) is 10.4 Å². The van der Waals surface area contributed by atoms with Crippen molar-refractivity contribution >= 4 is 39.8 Å². The molecule has 0 amide bonds. The van der Waals surface area contributed by atoms with Gasteiger partial charge in [0.25, 0.3) is 0 Å². The summed E-state index contributed by atoms with van der Waals surface area (Å²) in [6.45, 7) is 3.67. The van der Waals surface area contributed by atoms with Crippen LogP contribution in [0.25, 0.3) is 21.3 Å². The fourth-order valence-corrected chi connectivity index (χ4v) is 6.08. The molecule has 1 fully saturated rings. The van der Waals surface area contributed by atoms with E-state index in [0.717, 1.165) is 12.3 Å². The predicted octanol–water partition coefficient (Wildman–Crippen LogP) is 5.34. The first-order valence-electron chi connectivity index (χ1n) is 11.4. The van der Waals surface area contributed by atoms with Crippen molar-refractivity contribution < 1.29 is 28.2 Å². The van der Waals surface area contributed by atoms with E-state index >= 15 is 0 Å². The Hall–Kier alpha value is -3.58. The van der Waals surface area contributed by atoms with Crippen LogP contribution in [0.1, 0.15) is 43.8 Å². The Morgan fingerprint density at radius 3 is 2.73 bits per heavy atom. The fourth-order valence-electron chi connectivity index (χ4n) is 5.02. The van der Waals surface area contributed by atoms with Gasteiger partial charge in [-0.05, 0) is 42.9 Å². The molecule has 0 saturated heterocycles. The number of anilines is 2. The number of hydrogen-bond acceptors (Lipinski definition) is 8. The third kappa shape index (κ3) is 4.76. The number of carboxylic acids is 1. The third-order valence-corrected chi connectivity index (χ3v) is 7.98. The first-order valence-corrected chi connectivity index (χ1v) is 12.2. The Bertz CT molecular complexity index is 1480. The molecule has 0 spiro atoms. The van der Waals surface area contributed by atoms with Crippen LogP contribution in [0.5, 0.6) is 0 Å². The highest BCUT2D eigenvalue weighted by Crippen LogP contribution is 2.51. The van der Waals surface area contributed by atoms with Crippen molar-refractivity contribution in [3.63, 3.8) is 0 Å². The van der Waals surface area contributed by atoms with Gasteiger partial charge in [0.05, 0.1) is 22.5 Å². The molecule has 194 valence electrons. The Morgan fingerprint density at radius 2 is 2.03 bits per heavy atom. The second kappa shape index (κ2) is 8.77. The van der Waals surface area contributed by atoms with E-state index in [-0.39, 0.29) is 18.8 Å². The van der Waals surface area contributed by atoms with Gasteiger partial charge in [-0.3, -0.25) is 9.89 Å². The molecule has 3 aromatic heterocycles. The first-order chi connectivity index (χ1) is 17.4. The van der Waals surface area contributed by atoms with Gasteiger partial charge in [0.1, 0.15) is 16.3 Å². The number of rotatable bonds is 5. The number of carbonyl (C=O) groups is 1. The van der Waals surface area contributed by atoms with Crippen molar-refractivity contribution in [1.29, 1.82) is 0 Å². The van der Waals surface area contributed by atoms with E-state index in [0.29, 0.717) is 38.5 Å². The van der Waals surface area contributed by atoms with Gasteiger partial charge in [0.2, 0.25) is 5.95 Å². The minimum Gasteiger partial charge on any atom is -0.481 e. The van der Waals surface area contributed by atoms with E-state index in [9.17, 15) is 28.2 Å². The van der Waals surface area contributed by atoms with Crippen LogP contribution in [-0.4, -0.2) is 41.3 Å². The molecule has 1 saturated carbocycles. The molecule has 0 radical (unpaired) electrons. The van der Waals surface area contributed by atoms with Gasteiger partial charge in [-0.1, -0.05) is 13.8 Å². The average molecular weight is 533 g/mol. The lowest BCUT2D eigenvalue weighted by Gasteiger charge is -2.44. The van der Waals surface area contributed by atoms with Gasteiger partial charge in [-0.2, -0.15) is 18.3 Å². The molecule has 1 aromatic carbocycles. The molecule has 0 unspecified atom stereocenters. The standard InChI is InChI=1S/C24H23F3N6O3S/c1-22(2)11-23(36,5-3-15(22)19(34)35)20-29-10-16(37-20)14-8-13(7-12-9-30-33-18(12)14)31-21-28-6-4-17(32-21)24(25,26)27/h4,6-10,15,36H,3,5,11H2,1-2H3,(H,30,33)(H,34,35)(H,28,31,32)/t15-,23+/m1/s1. The zero-order chi connectivity index (χ0) is 26.6. The van der Waals surface area contributed by atoms with Crippen LogP contribution in [0.2, 0.25) is 0 Å². The molecule has 0 bridgehead atoms. The molecule has 4 aromatic rings. The number of aromatic amines is 1. The summed E-state index contributed by atoms with van der Waals surface area (Å²) in [5.74, 6) is -1.64. The van der Waals surface area contributed by atoms with Crippen LogP contribution in [-0.2, 0) is 16.6 Å². The predicted molar refractivity (Wildman–Crippen MR) is 130 cm³/mol. The molecular weight excluding hydrogens is 509 g/mol. The summed E-state index contributed by atoms with van der Waals surface area (Å²) in [6, 6.07) is 4.22. The Labute approximate surface area is 212 Å². The number of hydrogen-bond donors (Lipinski definition) is 4. The van der Waals surface area contributed by atoms with Crippen LogP contribution in [0.4, 0.5) is 24.8 Å². The topological polar surface area (TPSA) is 137 Å². The largest absolute Gasteiger partial charge is 0.481 e. The summed E-state index contributed by atoms with van der Waals surface area (Å²) in [7, 11) is 0. The highest BCUT2D eigenvalue weighted by Gasteiger charge is 2.49. The van der Waals surface area contributed by atoms with Crippen molar-refractivity contribution in [2.75, 3.05) is 5.32 Å². The summed E-state index contributed by atoms with van der Waals surface area (Å²) < 4.78 is 39.2. The molecule has 9 nitrogen and oxygen atoms in total. The molecule has 2 atom stereocenters. The van der Waals surface area contributed by atoms with E-state index in [1.54, 1.807) is 24.5 Å². The SMILES string of the molecule is CC1(C)C[C@](O)(c2ncc(-c3cc(Nc4nccc(C(F)(F)F)n4)cc4cn[nH]c34)s2)CC[C@@H]1C(=O)O. The molecule has 5 rings (SSSR count). The summed E-state index contributed by atoms with van der Waals surface area (Å²) in [5, 5.41) is 32.0. The second-order valence-electron chi connectivity index (χ2n) is 9.90. The smallest absolute Gasteiger partial charge is 0.433 e. The molecule has 0 aliphatic heterocycles.